The Balaban J connectivity index is 1.84. The molecule has 0 aliphatic carbocycles. The Morgan fingerprint density at radius 1 is 1.07 bits per heavy atom. The Kier molecular flexibility index (Phi) is 5.46. The Bertz CT molecular complexity index is 819. The van der Waals surface area contributed by atoms with E-state index in [1.165, 1.54) is 0 Å². The fraction of sp³-hybridized carbons (Fsp3) is 0.579. The third-order valence-electron chi connectivity index (χ3n) is 5.13. The van der Waals surface area contributed by atoms with Crippen molar-refractivity contribution in [1.82, 2.24) is 9.80 Å². The molecular formula is C19H26N2O5S. The van der Waals surface area contributed by atoms with E-state index in [0.717, 1.165) is 0 Å². The number of hydrogen-bond donors (Lipinski definition) is 0. The van der Waals surface area contributed by atoms with Gasteiger partial charge in [0.05, 0.1) is 30.2 Å². The number of carbonyl (C=O) groups is 2. The molecule has 0 spiro atoms. The molecule has 3 rings (SSSR count). The second-order valence-electron chi connectivity index (χ2n) is 7.35. The van der Waals surface area contributed by atoms with Gasteiger partial charge >= 0.3 is 0 Å². The van der Waals surface area contributed by atoms with Crippen LogP contribution in [-0.2, 0) is 14.6 Å². The van der Waals surface area contributed by atoms with Gasteiger partial charge in [0.1, 0.15) is 5.75 Å². The lowest BCUT2D eigenvalue weighted by Crippen LogP contribution is -2.62. The highest BCUT2D eigenvalue weighted by molar-refractivity contribution is 7.91. The molecule has 2 aliphatic rings. The molecule has 0 bridgehead atoms. The van der Waals surface area contributed by atoms with Gasteiger partial charge in [-0.15, -0.1) is 0 Å². The fourth-order valence-corrected chi connectivity index (χ4v) is 5.82. The van der Waals surface area contributed by atoms with Crippen LogP contribution in [0.1, 0.15) is 31.1 Å². The summed E-state index contributed by atoms with van der Waals surface area (Å²) in [5, 5.41) is 0. The topological polar surface area (TPSA) is 84.0 Å². The molecule has 0 radical (unpaired) electrons. The van der Waals surface area contributed by atoms with Crippen molar-refractivity contribution in [3.8, 4) is 5.75 Å². The van der Waals surface area contributed by atoms with E-state index in [2.05, 4.69) is 0 Å². The molecule has 7 nitrogen and oxygen atoms in total. The van der Waals surface area contributed by atoms with E-state index in [9.17, 15) is 18.0 Å². The Labute approximate surface area is 160 Å². The van der Waals surface area contributed by atoms with Gasteiger partial charge in [0.25, 0.3) is 5.91 Å². The number of carbonyl (C=O) groups excluding carboxylic acids is 2. The van der Waals surface area contributed by atoms with Crippen LogP contribution in [0.2, 0.25) is 0 Å². The van der Waals surface area contributed by atoms with Crippen LogP contribution in [0, 0.1) is 5.92 Å². The van der Waals surface area contributed by atoms with Gasteiger partial charge in [-0.1, -0.05) is 13.8 Å². The highest BCUT2D eigenvalue weighted by Crippen LogP contribution is 2.29. The number of nitrogens with zero attached hydrogens (tertiary/aromatic N) is 2. The standard InChI is InChI=1S/C19H26N2O5S/c1-4-26-15-7-5-14(6-8-15)19(23)21-10-9-20(18(22)13(2)3)16-11-27(24,25)12-17(16)21/h5-8,13,16-17H,4,9-12H2,1-3H3/t16-,17+/m0/s1. The minimum Gasteiger partial charge on any atom is -0.494 e. The normalized spacial score (nSPS) is 24.0. The predicted octanol–water partition coefficient (Wildman–Crippen LogP) is 1.19. The first kappa shape index (κ1) is 19.7. The number of benzene rings is 1. The molecule has 2 aliphatic heterocycles. The van der Waals surface area contributed by atoms with Crippen LogP contribution in [0.25, 0.3) is 0 Å². The van der Waals surface area contributed by atoms with Crippen molar-refractivity contribution in [2.24, 2.45) is 5.92 Å². The molecule has 0 saturated carbocycles. The average molecular weight is 394 g/mol. The van der Waals surface area contributed by atoms with Crippen LogP contribution in [0.15, 0.2) is 24.3 Å². The summed E-state index contributed by atoms with van der Waals surface area (Å²) in [4.78, 5) is 28.8. The summed E-state index contributed by atoms with van der Waals surface area (Å²) in [6, 6.07) is 5.89. The quantitative estimate of drug-likeness (QED) is 0.766. The van der Waals surface area contributed by atoms with Crippen molar-refractivity contribution in [1.29, 1.82) is 0 Å². The zero-order valence-electron chi connectivity index (χ0n) is 15.9. The Hall–Kier alpha value is -2.09. The molecular weight excluding hydrogens is 368 g/mol. The lowest BCUT2D eigenvalue weighted by atomic mass is 10.0. The first-order valence-electron chi connectivity index (χ1n) is 9.28. The third kappa shape index (κ3) is 3.95. The van der Waals surface area contributed by atoms with Crippen LogP contribution in [0.5, 0.6) is 5.75 Å². The van der Waals surface area contributed by atoms with Crippen LogP contribution in [-0.4, -0.2) is 73.3 Å². The number of piperazine rings is 1. The number of sulfone groups is 1. The van der Waals surface area contributed by atoms with Gasteiger partial charge in [0, 0.05) is 24.6 Å². The molecule has 2 heterocycles. The fourth-order valence-electron chi connectivity index (χ4n) is 3.84. The van der Waals surface area contributed by atoms with E-state index in [1.807, 2.05) is 6.92 Å². The Morgan fingerprint density at radius 3 is 2.19 bits per heavy atom. The monoisotopic (exact) mass is 394 g/mol. The summed E-state index contributed by atoms with van der Waals surface area (Å²) in [5.74, 6) is 0.0352. The predicted molar refractivity (Wildman–Crippen MR) is 101 cm³/mol. The largest absolute Gasteiger partial charge is 0.494 e. The van der Waals surface area contributed by atoms with Gasteiger partial charge in [0.15, 0.2) is 9.84 Å². The molecule has 148 valence electrons. The molecule has 2 fully saturated rings. The Morgan fingerprint density at radius 2 is 1.63 bits per heavy atom. The van der Waals surface area contributed by atoms with Gasteiger partial charge in [-0.05, 0) is 31.2 Å². The number of hydrogen-bond acceptors (Lipinski definition) is 5. The summed E-state index contributed by atoms with van der Waals surface area (Å²) in [6.07, 6.45) is 0. The minimum atomic E-state index is -3.29. The van der Waals surface area contributed by atoms with Crippen molar-refractivity contribution in [3.63, 3.8) is 0 Å². The molecule has 2 atom stereocenters. The van der Waals surface area contributed by atoms with Crippen molar-refractivity contribution >= 4 is 21.7 Å². The maximum absolute atomic E-state index is 13.0. The van der Waals surface area contributed by atoms with Crippen molar-refractivity contribution in [3.05, 3.63) is 29.8 Å². The van der Waals surface area contributed by atoms with Crippen molar-refractivity contribution in [2.45, 2.75) is 32.9 Å². The molecule has 1 aromatic carbocycles. The van der Waals surface area contributed by atoms with E-state index in [0.29, 0.717) is 31.0 Å². The van der Waals surface area contributed by atoms with E-state index >= 15 is 0 Å². The zero-order chi connectivity index (χ0) is 19.8. The summed E-state index contributed by atoms with van der Waals surface area (Å²) < 4.78 is 29.9. The smallest absolute Gasteiger partial charge is 0.254 e. The average Bonchev–Trinajstić information content (AvgIpc) is 2.95. The van der Waals surface area contributed by atoms with Gasteiger partial charge in [-0.3, -0.25) is 9.59 Å². The maximum atomic E-state index is 13.0. The van der Waals surface area contributed by atoms with Gasteiger partial charge < -0.3 is 14.5 Å². The minimum absolute atomic E-state index is 0.0599. The summed E-state index contributed by atoms with van der Waals surface area (Å²) in [7, 11) is -3.29. The molecule has 0 N–H and O–H groups in total. The first-order chi connectivity index (χ1) is 12.7. The van der Waals surface area contributed by atoms with Crippen LogP contribution < -0.4 is 4.74 Å². The second kappa shape index (κ2) is 7.50. The van der Waals surface area contributed by atoms with E-state index in [1.54, 1.807) is 47.9 Å². The maximum Gasteiger partial charge on any atom is 0.254 e. The van der Waals surface area contributed by atoms with E-state index < -0.39 is 21.9 Å². The van der Waals surface area contributed by atoms with Crippen LogP contribution in [0.3, 0.4) is 0 Å². The zero-order valence-corrected chi connectivity index (χ0v) is 16.7. The molecule has 2 amide bonds. The van der Waals surface area contributed by atoms with Gasteiger partial charge in [0.2, 0.25) is 5.91 Å². The summed E-state index contributed by atoms with van der Waals surface area (Å²) in [5.41, 5.74) is 0.491. The second-order valence-corrected chi connectivity index (χ2v) is 9.51. The summed E-state index contributed by atoms with van der Waals surface area (Å²) >= 11 is 0. The van der Waals surface area contributed by atoms with E-state index in [-0.39, 0.29) is 29.2 Å². The summed E-state index contributed by atoms with van der Waals surface area (Å²) in [6.45, 7) is 6.73. The molecule has 0 aromatic heterocycles. The van der Waals surface area contributed by atoms with Crippen LogP contribution in [0.4, 0.5) is 0 Å². The number of amides is 2. The number of rotatable bonds is 4. The van der Waals surface area contributed by atoms with Gasteiger partial charge in [-0.25, -0.2) is 8.42 Å². The number of fused-ring (bicyclic) bond motifs is 1. The molecule has 0 unspecified atom stereocenters. The highest BCUT2D eigenvalue weighted by atomic mass is 32.2. The highest BCUT2D eigenvalue weighted by Gasteiger charge is 2.49. The van der Waals surface area contributed by atoms with Crippen LogP contribution >= 0.6 is 0 Å². The van der Waals surface area contributed by atoms with Crippen molar-refractivity contribution in [2.75, 3.05) is 31.2 Å². The molecule has 8 heteroatoms. The van der Waals surface area contributed by atoms with E-state index in [4.69, 9.17) is 4.74 Å². The first-order valence-corrected chi connectivity index (χ1v) is 11.1. The third-order valence-corrected chi connectivity index (χ3v) is 6.82. The van der Waals surface area contributed by atoms with Crippen molar-refractivity contribution < 1.29 is 22.7 Å². The molecule has 1 aromatic rings. The lowest BCUT2D eigenvalue weighted by molar-refractivity contribution is -0.139. The van der Waals surface area contributed by atoms with Gasteiger partial charge in [-0.2, -0.15) is 0 Å². The lowest BCUT2D eigenvalue weighted by Gasteiger charge is -2.44. The molecule has 2 saturated heterocycles. The number of ether oxygens (including phenoxy) is 1. The SMILES string of the molecule is CCOc1ccc(C(=O)N2CCN(C(=O)C(C)C)[C@H]3CS(=O)(=O)C[C@H]32)cc1. The molecule has 27 heavy (non-hydrogen) atoms.